The second-order valence-electron chi connectivity index (χ2n) is 4.81. The first-order valence-corrected chi connectivity index (χ1v) is 6.33. The van der Waals surface area contributed by atoms with Crippen LogP contribution >= 0.6 is 0 Å². The molecule has 0 saturated carbocycles. The van der Waals surface area contributed by atoms with Crippen molar-refractivity contribution in [3.8, 4) is 0 Å². The monoisotopic (exact) mass is 256 g/mol. The van der Waals surface area contributed by atoms with Crippen LogP contribution < -0.4 is 5.73 Å². The second kappa shape index (κ2) is 4.85. The fraction of sp³-hybridized carbons (Fsp3) is 0.286. The summed E-state index contributed by atoms with van der Waals surface area (Å²) in [7, 11) is 0. The summed E-state index contributed by atoms with van der Waals surface area (Å²) in [6.07, 6.45) is 3.87. The molecule has 5 nitrogen and oxygen atoms in total. The lowest BCUT2D eigenvalue weighted by Crippen LogP contribution is -2.33. The van der Waals surface area contributed by atoms with Crippen LogP contribution in [0, 0.1) is 0 Å². The van der Waals surface area contributed by atoms with Crippen molar-refractivity contribution in [2.45, 2.75) is 19.6 Å². The minimum absolute atomic E-state index is 0.383. The average molecular weight is 256 g/mol. The highest BCUT2D eigenvalue weighted by Crippen LogP contribution is 2.14. The normalized spacial score (nSPS) is 15.2. The molecule has 1 aliphatic heterocycles. The Labute approximate surface area is 111 Å². The fourth-order valence-corrected chi connectivity index (χ4v) is 2.39. The Bertz CT molecular complexity index is 588. The number of nitrogens with zero attached hydrogens (tertiary/aromatic N) is 3. The minimum Gasteiger partial charge on any atom is -0.366 e. The van der Waals surface area contributed by atoms with Gasteiger partial charge in [-0.2, -0.15) is 0 Å². The van der Waals surface area contributed by atoms with E-state index in [0.717, 1.165) is 32.0 Å². The van der Waals surface area contributed by atoms with Gasteiger partial charge in [-0.15, -0.1) is 0 Å². The Morgan fingerprint density at radius 3 is 2.79 bits per heavy atom. The number of benzene rings is 1. The molecule has 98 valence electrons. The van der Waals surface area contributed by atoms with E-state index < -0.39 is 0 Å². The number of amides is 1. The molecule has 3 rings (SSSR count). The van der Waals surface area contributed by atoms with Gasteiger partial charge in [0.05, 0.1) is 6.54 Å². The number of hydrogen-bond acceptors (Lipinski definition) is 3. The van der Waals surface area contributed by atoms with Crippen molar-refractivity contribution in [1.29, 1.82) is 0 Å². The quantitative estimate of drug-likeness (QED) is 0.891. The van der Waals surface area contributed by atoms with Crippen molar-refractivity contribution in [3.05, 3.63) is 53.6 Å². The Balaban J connectivity index is 1.68. The van der Waals surface area contributed by atoms with Gasteiger partial charge in [0.1, 0.15) is 5.82 Å². The lowest BCUT2D eigenvalue weighted by Gasteiger charge is -2.27. The maximum atomic E-state index is 11.0. The molecule has 0 aliphatic carbocycles. The molecule has 1 aliphatic rings. The third kappa shape index (κ3) is 2.51. The lowest BCUT2D eigenvalue weighted by molar-refractivity contribution is 0.100. The maximum absolute atomic E-state index is 11.0. The third-order valence-electron chi connectivity index (χ3n) is 3.47. The van der Waals surface area contributed by atoms with Gasteiger partial charge in [0, 0.05) is 37.6 Å². The van der Waals surface area contributed by atoms with Crippen LogP contribution in [0.2, 0.25) is 0 Å². The summed E-state index contributed by atoms with van der Waals surface area (Å²) in [5.74, 6) is 0.728. The number of rotatable bonds is 3. The summed E-state index contributed by atoms with van der Waals surface area (Å²) >= 11 is 0. The Kier molecular flexibility index (Phi) is 3.05. The number of primary amides is 1. The summed E-state index contributed by atoms with van der Waals surface area (Å²) < 4.78 is 2.19. The summed E-state index contributed by atoms with van der Waals surface area (Å²) in [5, 5.41) is 0. The first-order valence-electron chi connectivity index (χ1n) is 6.33. The molecule has 2 heterocycles. The number of aromatic nitrogens is 2. The van der Waals surface area contributed by atoms with E-state index in [9.17, 15) is 4.79 Å². The van der Waals surface area contributed by atoms with Gasteiger partial charge in [0.2, 0.25) is 5.91 Å². The van der Waals surface area contributed by atoms with E-state index in [0.29, 0.717) is 5.56 Å². The molecule has 2 N–H and O–H groups in total. The van der Waals surface area contributed by atoms with E-state index in [1.54, 1.807) is 12.1 Å². The van der Waals surface area contributed by atoms with Gasteiger partial charge in [-0.25, -0.2) is 4.98 Å². The van der Waals surface area contributed by atoms with Crippen molar-refractivity contribution in [1.82, 2.24) is 14.5 Å². The molecule has 0 atom stereocenters. The molecule has 1 aromatic carbocycles. The fourth-order valence-electron chi connectivity index (χ4n) is 2.39. The van der Waals surface area contributed by atoms with E-state index in [1.807, 2.05) is 24.5 Å². The molecule has 0 bridgehead atoms. The van der Waals surface area contributed by atoms with Crippen molar-refractivity contribution in [2.24, 2.45) is 5.73 Å². The number of carbonyl (C=O) groups excluding carboxylic acids is 1. The van der Waals surface area contributed by atoms with Gasteiger partial charge in [-0.3, -0.25) is 9.69 Å². The van der Waals surface area contributed by atoms with Gasteiger partial charge in [-0.1, -0.05) is 12.1 Å². The molecule has 1 aromatic heterocycles. The number of fused-ring (bicyclic) bond motifs is 1. The maximum Gasteiger partial charge on any atom is 0.248 e. The molecular formula is C14H16N4O. The van der Waals surface area contributed by atoms with E-state index >= 15 is 0 Å². The lowest BCUT2D eigenvalue weighted by atomic mass is 10.1. The first kappa shape index (κ1) is 11.9. The predicted molar refractivity (Wildman–Crippen MR) is 71.3 cm³/mol. The van der Waals surface area contributed by atoms with Crippen molar-refractivity contribution in [2.75, 3.05) is 6.54 Å². The number of imidazole rings is 1. The van der Waals surface area contributed by atoms with E-state index in [4.69, 9.17) is 5.73 Å². The smallest absolute Gasteiger partial charge is 0.248 e. The summed E-state index contributed by atoms with van der Waals surface area (Å²) in [6.45, 7) is 3.73. The van der Waals surface area contributed by atoms with Crippen LogP contribution in [0.25, 0.3) is 0 Å². The van der Waals surface area contributed by atoms with Crippen LogP contribution in [0.5, 0.6) is 0 Å². The molecular weight excluding hydrogens is 240 g/mol. The van der Waals surface area contributed by atoms with Gasteiger partial charge < -0.3 is 10.3 Å². The van der Waals surface area contributed by atoms with E-state index in [1.165, 1.54) is 5.56 Å². The molecule has 0 radical (unpaired) electrons. The van der Waals surface area contributed by atoms with Crippen LogP contribution in [0.3, 0.4) is 0 Å². The third-order valence-corrected chi connectivity index (χ3v) is 3.47. The second-order valence-corrected chi connectivity index (χ2v) is 4.81. The molecule has 5 heteroatoms. The van der Waals surface area contributed by atoms with Crippen molar-refractivity contribution >= 4 is 5.91 Å². The standard InChI is InChI=1S/C14H16N4O/c15-14(19)12-3-1-11(2-4-12)9-17-7-8-18-6-5-16-13(18)10-17/h1-6H,7-10H2,(H2,15,19). The van der Waals surface area contributed by atoms with Crippen molar-refractivity contribution in [3.63, 3.8) is 0 Å². The van der Waals surface area contributed by atoms with Gasteiger partial charge >= 0.3 is 0 Å². The Morgan fingerprint density at radius 1 is 1.26 bits per heavy atom. The summed E-state index contributed by atoms with van der Waals surface area (Å²) in [4.78, 5) is 17.7. The molecule has 2 aromatic rings. The highest BCUT2D eigenvalue weighted by atomic mass is 16.1. The van der Waals surface area contributed by atoms with E-state index in [2.05, 4.69) is 14.5 Å². The SMILES string of the molecule is NC(=O)c1ccc(CN2CCn3ccnc3C2)cc1. The van der Waals surface area contributed by atoms with Crippen LogP contribution in [0.15, 0.2) is 36.7 Å². The molecule has 0 unspecified atom stereocenters. The van der Waals surface area contributed by atoms with E-state index in [-0.39, 0.29) is 5.91 Å². The highest BCUT2D eigenvalue weighted by Gasteiger charge is 2.16. The van der Waals surface area contributed by atoms with Crippen molar-refractivity contribution < 1.29 is 4.79 Å². The topological polar surface area (TPSA) is 64.2 Å². The minimum atomic E-state index is -0.383. The molecule has 0 saturated heterocycles. The van der Waals surface area contributed by atoms with Gasteiger partial charge in [-0.05, 0) is 17.7 Å². The Hall–Kier alpha value is -2.14. The number of carbonyl (C=O) groups is 1. The largest absolute Gasteiger partial charge is 0.366 e. The predicted octanol–water partition coefficient (Wildman–Crippen LogP) is 0.998. The highest BCUT2D eigenvalue weighted by molar-refractivity contribution is 5.92. The van der Waals surface area contributed by atoms with Gasteiger partial charge in [0.25, 0.3) is 0 Å². The van der Waals surface area contributed by atoms with Crippen LogP contribution in [-0.4, -0.2) is 26.9 Å². The number of hydrogen-bond donors (Lipinski definition) is 1. The van der Waals surface area contributed by atoms with Gasteiger partial charge in [0.15, 0.2) is 0 Å². The molecule has 0 spiro atoms. The number of nitrogens with two attached hydrogens (primary N) is 1. The molecule has 0 fully saturated rings. The summed E-state index contributed by atoms with van der Waals surface area (Å²) in [5.41, 5.74) is 6.97. The first-order chi connectivity index (χ1) is 9.22. The van der Waals surface area contributed by atoms with Crippen LogP contribution in [0.1, 0.15) is 21.7 Å². The zero-order valence-electron chi connectivity index (χ0n) is 10.6. The van der Waals surface area contributed by atoms with Crippen LogP contribution in [0.4, 0.5) is 0 Å². The van der Waals surface area contributed by atoms with Crippen LogP contribution in [-0.2, 0) is 19.6 Å². The molecule has 19 heavy (non-hydrogen) atoms. The zero-order valence-corrected chi connectivity index (χ0v) is 10.6. The summed E-state index contributed by atoms with van der Waals surface area (Å²) in [6, 6.07) is 7.48. The Morgan fingerprint density at radius 2 is 2.05 bits per heavy atom. The average Bonchev–Trinajstić information content (AvgIpc) is 2.87. The molecule has 1 amide bonds. The zero-order chi connectivity index (χ0) is 13.2.